The van der Waals surface area contributed by atoms with Gasteiger partial charge < -0.3 is 31.1 Å². The number of hydrogen-bond acceptors (Lipinski definition) is 6. The van der Waals surface area contributed by atoms with Gasteiger partial charge in [0.2, 0.25) is 0 Å². The smallest absolute Gasteiger partial charge is 0.0107 e. The topological polar surface area (TPSA) is 54.6 Å². The molecule has 0 aromatic carbocycles. The fourth-order valence-corrected chi connectivity index (χ4v) is 3.14. The Morgan fingerprint density at radius 1 is 0.455 bits per heavy atom. The Hall–Kier alpha value is -0.240. The zero-order chi connectivity index (χ0) is 15.3. The van der Waals surface area contributed by atoms with E-state index < -0.39 is 0 Å². The van der Waals surface area contributed by atoms with Crippen LogP contribution in [0.4, 0.5) is 0 Å². The Balaban J connectivity index is 1.56. The van der Waals surface area contributed by atoms with Gasteiger partial charge >= 0.3 is 0 Å². The lowest BCUT2D eigenvalue weighted by molar-refractivity contribution is 0.246. The molecule has 2 aliphatic heterocycles. The third-order valence-corrected chi connectivity index (χ3v) is 4.58. The molecule has 2 rings (SSSR count). The molecule has 0 amide bonds. The van der Waals surface area contributed by atoms with Gasteiger partial charge in [0.1, 0.15) is 0 Å². The maximum absolute atomic E-state index is 3.49. The summed E-state index contributed by atoms with van der Waals surface area (Å²) in [6.07, 6.45) is 2.63. The van der Waals surface area contributed by atoms with Crippen molar-refractivity contribution in [3.63, 3.8) is 0 Å². The molecule has 0 radical (unpaired) electrons. The molecule has 0 aromatic heterocycles. The average molecular weight is 313 g/mol. The molecule has 2 saturated heterocycles. The lowest BCUT2D eigenvalue weighted by Gasteiger charge is -2.24. The Labute approximate surface area is 136 Å². The van der Waals surface area contributed by atoms with Crippen molar-refractivity contribution in [3.05, 3.63) is 0 Å². The molecule has 2 aliphatic rings. The van der Waals surface area contributed by atoms with E-state index in [1.54, 1.807) is 0 Å². The van der Waals surface area contributed by atoms with Gasteiger partial charge in [-0.1, -0.05) is 0 Å². The Morgan fingerprint density at radius 3 is 1.09 bits per heavy atom. The van der Waals surface area contributed by atoms with Gasteiger partial charge in [-0.25, -0.2) is 0 Å². The summed E-state index contributed by atoms with van der Waals surface area (Å²) in [5, 5.41) is 14.0. The molecular weight excluding hydrogens is 276 g/mol. The van der Waals surface area contributed by atoms with Crippen LogP contribution in [-0.2, 0) is 0 Å². The Morgan fingerprint density at radius 2 is 0.773 bits per heavy atom. The van der Waals surface area contributed by atoms with E-state index >= 15 is 0 Å². The maximum Gasteiger partial charge on any atom is 0.0107 e. The molecule has 130 valence electrons. The summed E-state index contributed by atoms with van der Waals surface area (Å²) >= 11 is 0. The van der Waals surface area contributed by atoms with Crippen molar-refractivity contribution in [3.8, 4) is 0 Å². The fraction of sp³-hybridized carbons (Fsp3) is 1.00. The lowest BCUT2D eigenvalue weighted by Crippen LogP contribution is -2.36. The highest BCUT2D eigenvalue weighted by molar-refractivity contribution is 4.68. The van der Waals surface area contributed by atoms with Crippen molar-refractivity contribution >= 4 is 0 Å². The molecule has 0 unspecified atom stereocenters. The molecule has 6 nitrogen and oxygen atoms in total. The van der Waals surface area contributed by atoms with Crippen molar-refractivity contribution in [2.24, 2.45) is 0 Å². The summed E-state index contributed by atoms with van der Waals surface area (Å²) in [4.78, 5) is 5.21. The van der Waals surface area contributed by atoms with E-state index in [2.05, 4.69) is 31.1 Å². The zero-order valence-corrected chi connectivity index (χ0v) is 14.2. The minimum absolute atomic E-state index is 1.10. The van der Waals surface area contributed by atoms with E-state index in [1.807, 2.05) is 0 Å². The standard InChI is InChI=1S/C16H36N6/c1(11-21-13-7-17-3-4-18-8-14-21)2-12-22-15-9-19-5-6-20-10-16-22/h17-20H,1-16H2. The normalized spacial score (nSPS) is 24.5. The van der Waals surface area contributed by atoms with Gasteiger partial charge in [0.15, 0.2) is 0 Å². The summed E-state index contributed by atoms with van der Waals surface area (Å²) in [7, 11) is 0. The van der Waals surface area contributed by atoms with E-state index in [-0.39, 0.29) is 0 Å². The van der Waals surface area contributed by atoms with Crippen molar-refractivity contribution < 1.29 is 0 Å². The Kier molecular flexibility index (Phi) is 10.1. The summed E-state index contributed by atoms with van der Waals surface area (Å²) in [6, 6.07) is 0. The van der Waals surface area contributed by atoms with Crippen LogP contribution >= 0.6 is 0 Å². The predicted octanol–water partition coefficient (Wildman–Crippen LogP) is -1.24. The van der Waals surface area contributed by atoms with Gasteiger partial charge in [0, 0.05) is 78.5 Å². The first-order chi connectivity index (χ1) is 10.9. The van der Waals surface area contributed by atoms with Crippen LogP contribution in [0, 0.1) is 0 Å². The molecule has 0 spiro atoms. The van der Waals surface area contributed by atoms with Crippen molar-refractivity contribution in [2.45, 2.75) is 12.8 Å². The van der Waals surface area contributed by atoms with E-state index in [0.29, 0.717) is 0 Å². The summed E-state index contributed by atoms with van der Waals surface area (Å²) < 4.78 is 0. The van der Waals surface area contributed by atoms with Gasteiger partial charge in [0.05, 0.1) is 0 Å². The molecule has 6 heteroatoms. The highest BCUT2D eigenvalue weighted by Crippen LogP contribution is 1.99. The predicted molar refractivity (Wildman–Crippen MR) is 93.6 cm³/mol. The van der Waals surface area contributed by atoms with E-state index in [4.69, 9.17) is 0 Å². The van der Waals surface area contributed by atoms with Crippen LogP contribution in [0.25, 0.3) is 0 Å². The van der Waals surface area contributed by atoms with Crippen molar-refractivity contribution in [1.82, 2.24) is 31.1 Å². The number of nitrogens with zero attached hydrogens (tertiary/aromatic N) is 2. The number of nitrogens with one attached hydrogen (secondary N) is 4. The van der Waals surface area contributed by atoms with Crippen LogP contribution in [0.15, 0.2) is 0 Å². The van der Waals surface area contributed by atoms with Gasteiger partial charge in [0.25, 0.3) is 0 Å². The SMILES string of the molecule is C(CCN1CCNCCNCC1)CN1CCNCCNCC1. The second-order valence-corrected chi connectivity index (χ2v) is 6.39. The third kappa shape index (κ3) is 8.41. The second-order valence-electron chi connectivity index (χ2n) is 6.39. The molecule has 0 aliphatic carbocycles. The molecule has 0 saturated carbocycles. The first kappa shape index (κ1) is 18.1. The largest absolute Gasteiger partial charge is 0.314 e. The molecule has 0 atom stereocenters. The molecule has 2 fully saturated rings. The van der Waals surface area contributed by atoms with Crippen LogP contribution in [0.3, 0.4) is 0 Å². The van der Waals surface area contributed by atoms with Crippen LogP contribution in [0.1, 0.15) is 12.8 Å². The number of hydrogen-bond donors (Lipinski definition) is 4. The zero-order valence-electron chi connectivity index (χ0n) is 14.2. The van der Waals surface area contributed by atoms with Crippen LogP contribution in [-0.4, -0.2) is 101 Å². The van der Waals surface area contributed by atoms with Crippen LogP contribution in [0.2, 0.25) is 0 Å². The molecule has 0 bridgehead atoms. The highest BCUT2D eigenvalue weighted by atomic mass is 15.2. The molecule has 4 N–H and O–H groups in total. The van der Waals surface area contributed by atoms with Gasteiger partial charge in [-0.2, -0.15) is 0 Å². The molecule has 0 aromatic rings. The lowest BCUT2D eigenvalue weighted by atomic mass is 10.2. The quantitative estimate of drug-likeness (QED) is 0.477. The van der Waals surface area contributed by atoms with Gasteiger partial charge in [-0.15, -0.1) is 0 Å². The van der Waals surface area contributed by atoms with E-state index in [1.165, 1.54) is 52.1 Å². The van der Waals surface area contributed by atoms with E-state index in [9.17, 15) is 0 Å². The summed E-state index contributed by atoms with van der Waals surface area (Å²) in [5.74, 6) is 0. The van der Waals surface area contributed by atoms with Gasteiger partial charge in [-0.05, 0) is 25.9 Å². The summed E-state index contributed by atoms with van der Waals surface area (Å²) in [5.41, 5.74) is 0. The fourth-order valence-electron chi connectivity index (χ4n) is 3.14. The minimum Gasteiger partial charge on any atom is -0.314 e. The first-order valence-corrected chi connectivity index (χ1v) is 9.23. The average Bonchev–Trinajstić information content (AvgIpc) is 2.75. The van der Waals surface area contributed by atoms with Crippen molar-refractivity contribution in [1.29, 1.82) is 0 Å². The monoisotopic (exact) mass is 312 g/mol. The van der Waals surface area contributed by atoms with Crippen LogP contribution in [0.5, 0.6) is 0 Å². The molecular formula is C16H36N6. The summed E-state index contributed by atoms with van der Waals surface area (Å²) in [6.45, 7) is 16.2. The second kappa shape index (κ2) is 12.2. The minimum atomic E-state index is 1.10. The van der Waals surface area contributed by atoms with E-state index in [0.717, 1.165) is 52.4 Å². The highest BCUT2D eigenvalue weighted by Gasteiger charge is 2.08. The third-order valence-electron chi connectivity index (χ3n) is 4.58. The Bertz CT molecular complexity index is 217. The molecule has 2 heterocycles. The maximum atomic E-state index is 3.49. The first-order valence-electron chi connectivity index (χ1n) is 9.23. The van der Waals surface area contributed by atoms with Crippen LogP contribution < -0.4 is 21.3 Å². The number of rotatable bonds is 5. The number of unbranched alkanes of at least 4 members (excludes halogenated alkanes) is 1. The van der Waals surface area contributed by atoms with Gasteiger partial charge in [-0.3, -0.25) is 0 Å². The van der Waals surface area contributed by atoms with Crippen molar-refractivity contribution in [2.75, 3.05) is 91.6 Å². The molecule has 22 heavy (non-hydrogen) atoms.